The summed E-state index contributed by atoms with van der Waals surface area (Å²) in [5, 5.41) is 51.1. The molecule has 0 aliphatic rings. The molecule has 0 bridgehead atoms. The molecule has 13 heteroatoms. The summed E-state index contributed by atoms with van der Waals surface area (Å²) >= 11 is 0. The lowest BCUT2D eigenvalue weighted by Gasteiger charge is -2.14. The molecule has 1 unspecified atom stereocenters. The molecular formula is C23H18N4O8S. The number of rotatable bonds is 6. The summed E-state index contributed by atoms with van der Waals surface area (Å²) in [6, 6.07) is 17.6. The van der Waals surface area contributed by atoms with Gasteiger partial charge < -0.3 is 20.7 Å². The van der Waals surface area contributed by atoms with E-state index < -0.39 is 43.3 Å². The number of phenols is 2. The van der Waals surface area contributed by atoms with E-state index in [0.717, 1.165) is 6.07 Å². The molecule has 0 aromatic heterocycles. The number of benzene rings is 4. The van der Waals surface area contributed by atoms with E-state index in [1.54, 1.807) is 54.6 Å². The second kappa shape index (κ2) is 9.69. The van der Waals surface area contributed by atoms with Crippen molar-refractivity contribution in [3.8, 4) is 11.5 Å². The van der Waals surface area contributed by atoms with Crippen molar-refractivity contribution < 1.29 is 38.4 Å². The highest BCUT2D eigenvalue weighted by Crippen LogP contribution is 2.42. The Morgan fingerprint density at radius 1 is 0.944 bits per heavy atom. The number of hydrogen-bond acceptors (Lipinski definition) is 9. The van der Waals surface area contributed by atoms with Gasteiger partial charge >= 0.3 is 0 Å². The fourth-order valence-corrected chi connectivity index (χ4v) is 4.06. The second-order valence-corrected chi connectivity index (χ2v) is 8.87. The Kier molecular flexibility index (Phi) is 6.65. The van der Waals surface area contributed by atoms with E-state index >= 15 is 0 Å². The molecule has 0 saturated carbocycles. The quantitative estimate of drug-likeness (QED) is 0.0979. The Morgan fingerprint density at radius 2 is 1.67 bits per heavy atom. The monoisotopic (exact) mass is 510 g/mol. The van der Waals surface area contributed by atoms with Crippen LogP contribution in [0.3, 0.4) is 0 Å². The predicted molar refractivity (Wildman–Crippen MR) is 128 cm³/mol. The van der Waals surface area contributed by atoms with E-state index in [9.17, 15) is 38.4 Å². The van der Waals surface area contributed by atoms with Crippen LogP contribution < -0.4 is 10.5 Å². The number of amides is 1. The Labute approximate surface area is 203 Å². The van der Waals surface area contributed by atoms with Gasteiger partial charge in [0, 0.05) is 23.1 Å². The van der Waals surface area contributed by atoms with Crippen molar-refractivity contribution in [2.45, 2.75) is 4.90 Å². The third kappa shape index (κ3) is 5.00. The van der Waals surface area contributed by atoms with Gasteiger partial charge in [-0.05, 0) is 29.7 Å². The van der Waals surface area contributed by atoms with Crippen molar-refractivity contribution in [2.24, 2.45) is 10.2 Å². The van der Waals surface area contributed by atoms with Gasteiger partial charge in [0.05, 0.1) is 5.69 Å². The summed E-state index contributed by atoms with van der Waals surface area (Å²) in [6.45, 7) is 0. The Hall–Kier alpha value is -4.40. The number of carbonyl (C=O) groups excluding carboxylic acids is 1. The zero-order valence-corrected chi connectivity index (χ0v) is 19.0. The zero-order valence-electron chi connectivity index (χ0n) is 18.2. The van der Waals surface area contributed by atoms with E-state index in [2.05, 4.69) is 15.5 Å². The number of quaternary nitrogens is 1. The Morgan fingerprint density at radius 3 is 2.33 bits per heavy atom. The van der Waals surface area contributed by atoms with E-state index in [1.165, 1.54) is 6.07 Å². The molecule has 0 radical (unpaired) electrons. The SMILES string of the molecule is O=C(Nc1cccc2ccc(O)c(N=Nc3cc([NH+]([O-])O)cc(S(=O)(=O)O)c3O)c12)c1ccccc1. The number of hydrogen-bond donors (Lipinski definition) is 6. The van der Waals surface area contributed by atoms with Crippen LogP contribution in [-0.2, 0) is 10.1 Å². The molecule has 4 rings (SSSR count). The minimum absolute atomic E-state index is 0.148. The molecule has 0 heterocycles. The highest BCUT2D eigenvalue weighted by Gasteiger charge is 2.23. The first-order valence-electron chi connectivity index (χ1n) is 10.2. The van der Waals surface area contributed by atoms with Crippen LogP contribution in [0.2, 0.25) is 0 Å². The lowest BCUT2D eigenvalue weighted by molar-refractivity contribution is -0.991. The number of carbonyl (C=O) groups is 1. The first kappa shape index (κ1) is 24.7. The Balaban J connectivity index is 1.85. The fraction of sp³-hybridized carbons (Fsp3) is 0. The molecule has 0 aliphatic heterocycles. The average molecular weight is 510 g/mol. The first-order chi connectivity index (χ1) is 17.1. The minimum atomic E-state index is -5.00. The molecule has 1 amide bonds. The first-order valence-corrected chi connectivity index (χ1v) is 11.6. The zero-order chi connectivity index (χ0) is 26.0. The van der Waals surface area contributed by atoms with Crippen LogP contribution in [0.5, 0.6) is 11.5 Å². The van der Waals surface area contributed by atoms with Gasteiger partial charge in [0.1, 0.15) is 22.0 Å². The van der Waals surface area contributed by atoms with E-state index in [1.807, 2.05) is 0 Å². The molecule has 0 fully saturated rings. The van der Waals surface area contributed by atoms with E-state index in [4.69, 9.17) is 0 Å². The minimum Gasteiger partial charge on any atom is -0.595 e. The average Bonchev–Trinajstić information content (AvgIpc) is 2.84. The van der Waals surface area contributed by atoms with Gasteiger partial charge in [0.15, 0.2) is 11.4 Å². The number of phenolic OH excluding ortho intramolecular Hbond substituents is 2. The predicted octanol–water partition coefficient (Wildman–Crippen LogP) is 3.57. The van der Waals surface area contributed by atoms with Crippen LogP contribution in [0.1, 0.15) is 10.4 Å². The lowest BCUT2D eigenvalue weighted by Crippen LogP contribution is -2.99. The summed E-state index contributed by atoms with van der Waals surface area (Å²) in [5.41, 5.74) is -0.679. The lowest BCUT2D eigenvalue weighted by atomic mass is 10.1. The maximum Gasteiger partial charge on any atom is 0.298 e. The number of aromatic hydroxyl groups is 2. The molecule has 12 nitrogen and oxygen atoms in total. The van der Waals surface area contributed by atoms with Crippen LogP contribution in [0.4, 0.5) is 22.7 Å². The number of anilines is 1. The van der Waals surface area contributed by atoms with Gasteiger partial charge in [-0.2, -0.15) is 13.6 Å². The van der Waals surface area contributed by atoms with Crippen molar-refractivity contribution in [1.82, 2.24) is 0 Å². The molecule has 0 spiro atoms. The summed E-state index contributed by atoms with van der Waals surface area (Å²) in [5.74, 6) is -1.83. The topological polar surface area (TPSA) is 196 Å². The summed E-state index contributed by atoms with van der Waals surface area (Å²) in [4.78, 5) is 11.6. The van der Waals surface area contributed by atoms with Crippen LogP contribution in [0.25, 0.3) is 10.8 Å². The molecular weight excluding hydrogens is 492 g/mol. The van der Waals surface area contributed by atoms with Gasteiger partial charge in [0.25, 0.3) is 16.0 Å². The normalized spacial score (nSPS) is 12.6. The molecule has 36 heavy (non-hydrogen) atoms. The van der Waals surface area contributed by atoms with Crippen molar-refractivity contribution in [2.75, 3.05) is 5.32 Å². The standard InChI is InChI=1S/C23H18N4O8S/c28-18-10-9-13-7-4-8-16(24-23(30)14-5-2-1-3-6-14)20(13)21(18)26-25-17-11-15(27(31)32)12-19(22(17)29)36(33,34)35/h1-12,27-29,31H,(H,24,30)(H,33,34,35). The largest absolute Gasteiger partial charge is 0.595 e. The van der Waals surface area contributed by atoms with Crippen LogP contribution in [0, 0.1) is 5.21 Å². The third-order valence-electron chi connectivity index (χ3n) is 5.12. The van der Waals surface area contributed by atoms with Gasteiger partial charge in [-0.3, -0.25) is 9.35 Å². The van der Waals surface area contributed by atoms with Crippen molar-refractivity contribution >= 4 is 49.5 Å². The summed E-state index contributed by atoms with van der Waals surface area (Å²) < 4.78 is 32.5. The van der Waals surface area contributed by atoms with Crippen molar-refractivity contribution in [3.63, 3.8) is 0 Å². The smallest absolute Gasteiger partial charge is 0.298 e. The number of nitrogens with zero attached hydrogens (tertiary/aromatic N) is 2. The molecule has 4 aromatic carbocycles. The second-order valence-electron chi connectivity index (χ2n) is 7.48. The van der Waals surface area contributed by atoms with Gasteiger partial charge in [0.2, 0.25) is 0 Å². The number of fused-ring (bicyclic) bond motifs is 1. The highest BCUT2D eigenvalue weighted by atomic mass is 32.2. The van der Waals surface area contributed by atoms with Gasteiger partial charge in [-0.25, -0.2) is 5.21 Å². The molecule has 0 aliphatic carbocycles. The van der Waals surface area contributed by atoms with Gasteiger partial charge in [-0.1, -0.05) is 36.4 Å². The van der Waals surface area contributed by atoms with Crippen LogP contribution >= 0.6 is 0 Å². The fourth-order valence-electron chi connectivity index (χ4n) is 3.43. The summed E-state index contributed by atoms with van der Waals surface area (Å²) in [6.07, 6.45) is 0. The molecule has 4 aromatic rings. The van der Waals surface area contributed by atoms with Crippen molar-refractivity contribution in [3.05, 3.63) is 83.6 Å². The number of azo groups is 1. The maximum atomic E-state index is 12.7. The van der Waals surface area contributed by atoms with E-state index in [-0.39, 0.29) is 22.5 Å². The van der Waals surface area contributed by atoms with E-state index in [0.29, 0.717) is 17.0 Å². The summed E-state index contributed by atoms with van der Waals surface area (Å²) in [7, 11) is -5.00. The molecule has 1 atom stereocenters. The van der Waals surface area contributed by atoms with Gasteiger partial charge in [-0.15, -0.1) is 10.2 Å². The molecule has 0 saturated heterocycles. The Bertz CT molecular complexity index is 1610. The molecule has 184 valence electrons. The molecule has 6 N–H and O–H groups in total. The van der Waals surface area contributed by atoms with Crippen LogP contribution in [-0.4, -0.2) is 34.3 Å². The van der Waals surface area contributed by atoms with Crippen molar-refractivity contribution in [1.29, 1.82) is 0 Å². The maximum absolute atomic E-state index is 12.7. The van der Waals surface area contributed by atoms with Crippen LogP contribution in [0.15, 0.2) is 87.9 Å². The third-order valence-corrected chi connectivity index (χ3v) is 5.99. The number of nitrogens with one attached hydrogen (secondary N) is 2. The highest BCUT2D eigenvalue weighted by molar-refractivity contribution is 7.86.